The molecule has 3 heterocycles. The van der Waals surface area contributed by atoms with Crippen molar-refractivity contribution in [3.8, 4) is 11.3 Å². The van der Waals surface area contributed by atoms with Crippen LogP contribution in [0, 0.1) is 5.82 Å². The number of aromatic nitrogens is 4. The number of nitrogens with zero attached hydrogens (tertiary/aromatic N) is 4. The van der Waals surface area contributed by atoms with E-state index in [0.717, 1.165) is 17.5 Å². The van der Waals surface area contributed by atoms with Crippen molar-refractivity contribution in [3.05, 3.63) is 88.4 Å². The molecule has 0 unspecified atom stereocenters. The second-order valence-corrected chi connectivity index (χ2v) is 8.42. The first-order valence-electron chi connectivity index (χ1n) is 10.3. The van der Waals surface area contributed by atoms with Crippen LogP contribution in [0.4, 0.5) is 16.2 Å². The zero-order valence-electron chi connectivity index (χ0n) is 17.2. The molecular weight excluding hydrogens is 423 g/mol. The summed E-state index contributed by atoms with van der Waals surface area (Å²) in [6, 6.07) is 20.3. The fourth-order valence-electron chi connectivity index (χ4n) is 3.58. The highest BCUT2D eigenvalue weighted by molar-refractivity contribution is 7.09. The Kier molecular flexibility index (Phi) is 5.51. The highest BCUT2D eigenvalue weighted by atomic mass is 32.1. The van der Waals surface area contributed by atoms with Gasteiger partial charge in [0.25, 0.3) is 0 Å². The van der Waals surface area contributed by atoms with Gasteiger partial charge in [-0.15, -0.1) is 16.4 Å². The van der Waals surface area contributed by atoms with Gasteiger partial charge < -0.3 is 11.1 Å². The lowest BCUT2D eigenvalue weighted by atomic mass is 10.1. The summed E-state index contributed by atoms with van der Waals surface area (Å²) in [5.74, 6) is 0.646. The molecule has 3 N–H and O–H groups in total. The lowest BCUT2D eigenvalue weighted by Crippen LogP contribution is -2.08. The highest BCUT2D eigenvalue weighted by Gasteiger charge is 2.18. The third-order valence-corrected chi connectivity index (χ3v) is 6.10. The summed E-state index contributed by atoms with van der Waals surface area (Å²) in [6.07, 6.45) is 0.871. The van der Waals surface area contributed by atoms with E-state index in [1.54, 1.807) is 28.2 Å². The Balaban J connectivity index is 1.54. The van der Waals surface area contributed by atoms with Crippen LogP contribution in [-0.2, 0) is 13.0 Å². The van der Waals surface area contributed by atoms with Gasteiger partial charge in [0.1, 0.15) is 11.6 Å². The summed E-state index contributed by atoms with van der Waals surface area (Å²) >= 11 is 1.72. The standard InChI is InChI=1S/C24H21FN6S/c25-18-10-8-17(9-11-18)21-20-22(26)31(15-16-5-2-1-3-6-16)30-23(20)29-24(28-21)27-13-12-19-7-4-14-32-19/h1-11,14H,12-13,15,26H2,(H,27,29,30). The molecule has 0 saturated heterocycles. The maximum Gasteiger partial charge on any atom is 0.225 e. The zero-order valence-corrected chi connectivity index (χ0v) is 18.0. The van der Waals surface area contributed by atoms with E-state index in [4.69, 9.17) is 10.7 Å². The molecule has 0 bridgehead atoms. The summed E-state index contributed by atoms with van der Waals surface area (Å²) in [7, 11) is 0. The number of thiophene rings is 1. The Morgan fingerprint density at radius 3 is 2.53 bits per heavy atom. The van der Waals surface area contributed by atoms with Gasteiger partial charge in [-0.25, -0.2) is 14.1 Å². The largest absolute Gasteiger partial charge is 0.383 e. The summed E-state index contributed by atoms with van der Waals surface area (Å²) in [6.45, 7) is 1.21. The number of fused-ring (bicyclic) bond motifs is 1. The summed E-state index contributed by atoms with van der Waals surface area (Å²) in [4.78, 5) is 10.6. The number of nitrogens with two attached hydrogens (primary N) is 1. The van der Waals surface area contributed by atoms with E-state index in [1.165, 1.54) is 17.0 Å². The van der Waals surface area contributed by atoms with Gasteiger partial charge in [-0.3, -0.25) is 0 Å². The van der Waals surface area contributed by atoms with E-state index >= 15 is 0 Å². The average Bonchev–Trinajstić information content (AvgIpc) is 3.43. The van der Waals surface area contributed by atoms with Crippen LogP contribution >= 0.6 is 11.3 Å². The van der Waals surface area contributed by atoms with Crippen molar-refractivity contribution in [2.45, 2.75) is 13.0 Å². The maximum atomic E-state index is 13.5. The molecule has 0 aliphatic carbocycles. The first-order chi connectivity index (χ1) is 15.7. The molecular formula is C24H21FN6S. The lowest BCUT2D eigenvalue weighted by molar-refractivity contribution is 0.628. The molecule has 0 spiro atoms. The minimum absolute atomic E-state index is 0.305. The van der Waals surface area contributed by atoms with Gasteiger partial charge in [-0.1, -0.05) is 36.4 Å². The Hall–Kier alpha value is -3.78. The Labute approximate surface area is 188 Å². The van der Waals surface area contributed by atoms with Crippen LogP contribution < -0.4 is 11.1 Å². The molecule has 32 heavy (non-hydrogen) atoms. The Morgan fingerprint density at radius 1 is 0.969 bits per heavy atom. The normalized spacial score (nSPS) is 11.2. The van der Waals surface area contributed by atoms with Crippen LogP contribution in [0.5, 0.6) is 0 Å². The SMILES string of the molecule is Nc1c2c(-c3ccc(F)cc3)nc(NCCc3cccs3)nc2nn1Cc1ccccc1. The molecule has 5 aromatic rings. The highest BCUT2D eigenvalue weighted by Crippen LogP contribution is 2.32. The molecule has 0 amide bonds. The Morgan fingerprint density at radius 2 is 1.78 bits per heavy atom. The van der Waals surface area contributed by atoms with Crippen molar-refractivity contribution in [3.63, 3.8) is 0 Å². The monoisotopic (exact) mass is 444 g/mol. The van der Waals surface area contributed by atoms with E-state index in [-0.39, 0.29) is 5.82 Å². The van der Waals surface area contributed by atoms with Crippen molar-refractivity contribution in [1.82, 2.24) is 19.7 Å². The van der Waals surface area contributed by atoms with E-state index < -0.39 is 0 Å². The van der Waals surface area contributed by atoms with E-state index in [2.05, 4.69) is 26.8 Å². The van der Waals surface area contributed by atoms with Gasteiger partial charge in [0, 0.05) is 17.0 Å². The molecule has 0 radical (unpaired) electrons. The fourth-order valence-corrected chi connectivity index (χ4v) is 4.29. The molecule has 8 heteroatoms. The second kappa shape index (κ2) is 8.76. The topological polar surface area (TPSA) is 81.7 Å². The first-order valence-corrected chi connectivity index (χ1v) is 11.2. The van der Waals surface area contributed by atoms with Gasteiger partial charge in [0.15, 0.2) is 5.65 Å². The molecule has 0 atom stereocenters. The summed E-state index contributed by atoms with van der Waals surface area (Å²) in [5, 5.41) is 10.7. The van der Waals surface area contributed by atoms with Crippen LogP contribution in [0.2, 0.25) is 0 Å². The second-order valence-electron chi connectivity index (χ2n) is 7.39. The number of anilines is 2. The molecule has 0 aliphatic heterocycles. The van der Waals surface area contributed by atoms with Crippen molar-refractivity contribution in [2.75, 3.05) is 17.6 Å². The molecule has 0 saturated carbocycles. The first kappa shape index (κ1) is 20.1. The molecule has 2 aromatic carbocycles. The predicted octanol–water partition coefficient (Wildman–Crippen LogP) is 4.98. The zero-order chi connectivity index (χ0) is 21.9. The van der Waals surface area contributed by atoms with Crippen LogP contribution in [0.3, 0.4) is 0 Å². The number of halogens is 1. The molecule has 6 nitrogen and oxygen atoms in total. The van der Waals surface area contributed by atoms with E-state index in [1.807, 2.05) is 36.4 Å². The van der Waals surface area contributed by atoms with Crippen molar-refractivity contribution >= 4 is 34.1 Å². The third kappa shape index (κ3) is 4.17. The molecule has 5 rings (SSSR count). The minimum atomic E-state index is -0.305. The van der Waals surface area contributed by atoms with Crippen LogP contribution in [0.1, 0.15) is 10.4 Å². The predicted molar refractivity (Wildman–Crippen MR) is 127 cm³/mol. The Bertz CT molecular complexity index is 1330. The van der Waals surface area contributed by atoms with E-state index in [0.29, 0.717) is 41.6 Å². The van der Waals surface area contributed by atoms with Crippen molar-refractivity contribution in [1.29, 1.82) is 0 Å². The smallest absolute Gasteiger partial charge is 0.225 e. The van der Waals surface area contributed by atoms with Gasteiger partial charge >= 0.3 is 0 Å². The van der Waals surface area contributed by atoms with Gasteiger partial charge in [-0.05, 0) is 47.7 Å². The number of rotatable bonds is 7. The number of hydrogen-bond donors (Lipinski definition) is 2. The number of hydrogen-bond acceptors (Lipinski definition) is 6. The number of benzene rings is 2. The van der Waals surface area contributed by atoms with Gasteiger partial charge in [0.05, 0.1) is 17.6 Å². The average molecular weight is 445 g/mol. The van der Waals surface area contributed by atoms with Gasteiger partial charge in [-0.2, -0.15) is 4.98 Å². The van der Waals surface area contributed by atoms with E-state index in [9.17, 15) is 4.39 Å². The maximum absolute atomic E-state index is 13.5. The molecule has 0 aliphatic rings. The minimum Gasteiger partial charge on any atom is -0.383 e. The third-order valence-electron chi connectivity index (χ3n) is 5.17. The summed E-state index contributed by atoms with van der Waals surface area (Å²) < 4.78 is 15.3. The molecule has 3 aromatic heterocycles. The fraction of sp³-hybridized carbons (Fsp3) is 0.125. The quantitative estimate of drug-likeness (QED) is 0.370. The molecule has 0 fully saturated rings. The van der Waals surface area contributed by atoms with Gasteiger partial charge in [0.2, 0.25) is 5.95 Å². The van der Waals surface area contributed by atoms with Crippen molar-refractivity contribution in [2.24, 2.45) is 0 Å². The number of nitrogens with one attached hydrogen (secondary N) is 1. The number of nitrogen functional groups attached to an aromatic ring is 1. The van der Waals surface area contributed by atoms with Crippen LogP contribution in [0.15, 0.2) is 72.1 Å². The lowest BCUT2D eigenvalue weighted by Gasteiger charge is -2.08. The summed E-state index contributed by atoms with van der Waals surface area (Å²) in [5.41, 5.74) is 9.47. The molecule has 160 valence electrons. The van der Waals surface area contributed by atoms with Crippen molar-refractivity contribution < 1.29 is 4.39 Å². The van der Waals surface area contributed by atoms with Crippen LogP contribution in [0.25, 0.3) is 22.3 Å². The van der Waals surface area contributed by atoms with Crippen LogP contribution in [-0.4, -0.2) is 26.3 Å².